The van der Waals surface area contributed by atoms with Crippen LogP contribution in [0.15, 0.2) is 51.7 Å². The zero-order valence-electron chi connectivity index (χ0n) is 18.2. The number of thiol groups is 1. The van der Waals surface area contributed by atoms with Gasteiger partial charge in [-0.25, -0.2) is 18.2 Å². The van der Waals surface area contributed by atoms with E-state index in [2.05, 4.69) is 22.9 Å². The molecule has 11 heteroatoms. The standard InChI is InChI=1S/C22H25ClN4O3S3/c1-14(2)27(17-5-8-19-20(13-17)32-22(31)25-19)21(28)24-16-9-11-26(12-10-16)33(29,30)18-6-3-15(23)4-7-18/h3-8,13-14,16H,9-12H2,1-2H3,(H,24,28)(H,25,31). The van der Waals surface area contributed by atoms with Gasteiger partial charge in [0.15, 0.2) is 0 Å². The van der Waals surface area contributed by atoms with E-state index in [-0.39, 0.29) is 23.0 Å². The average molecular weight is 525 g/mol. The van der Waals surface area contributed by atoms with E-state index in [1.165, 1.54) is 27.8 Å². The molecule has 0 saturated carbocycles. The third kappa shape index (κ3) is 5.30. The van der Waals surface area contributed by atoms with Crippen LogP contribution in [0.4, 0.5) is 10.5 Å². The number of sulfonamides is 1. The minimum Gasteiger partial charge on any atom is -0.335 e. The van der Waals surface area contributed by atoms with Crippen LogP contribution in [0.5, 0.6) is 0 Å². The summed E-state index contributed by atoms with van der Waals surface area (Å²) in [4.78, 5) is 19.5. The number of thiazole rings is 1. The lowest BCUT2D eigenvalue weighted by molar-refractivity contribution is 0.231. The van der Waals surface area contributed by atoms with Crippen LogP contribution in [0.3, 0.4) is 0 Å². The second-order valence-corrected chi connectivity index (χ2v) is 12.3. The van der Waals surface area contributed by atoms with Gasteiger partial charge in [0.2, 0.25) is 10.0 Å². The van der Waals surface area contributed by atoms with Crippen molar-refractivity contribution < 1.29 is 13.2 Å². The first-order valence-corrected chi connectivity index (χ1v) is 13.7. The Hall–Kier alpha value is -1.85. The first kappa shape index (κ1) is 24.3. The Morgan fingerprint density at radius 1 is 1.21 bits per heavy atom. The molecule has 1 fully saturated rings. The van der Waals surface area contributed by atoms with Gasteiger partial charge in [0.05, 0.1) is 15.1 Å². The number of amides is 2. The number of carbonyl (C=O) groups excluding carboxylic acids is 1. The molecule has 2 heterocycles. The van der Waals surface area contributed by atoms with E-state index in [1.54, 1.807) is 17.0 Å². The number of urea groups is 1. The lowest BCUT2D eigenvalue weighted by Crippen LogP contribution is -2.51. The number of piperidine rings is 1. The Bertz CT molecular complexity index is 1250. The highest BCUT2D eigenvalue weighted by Gasteiger charge is 2.31. The van der Waals surface area contributed by atoms with Gasteiger partial charge >= 0.3 is 6.03 Å². The summed E-state index contributed by atoms with van der Waals surface area (Å²) in [5, 5.41) is 3.58. The van der Waals surface area contributed by atoms with Gasteiger partial charge in [0.25, 0.3) is 0 Å². The average Bonchev–Trinajstić information content (AvgIpc) is 3.13. The number of benzene rings is 2. The molecule has 1 saturated heterocycles. The van der Waals surface area contributed by atoms with E-state index in [1.807, 2.05) is 32.0 Å². The van der Waals surface area contributed by atoms with Gasteiger partial charge in [-0.3, -0.25) is 4.90 Å². The highest BCUT2D eigenvalue weighted by atomic mass is 35.5. The molecule has 4 rings (SSSR count). The SMILES string of the molecule is CC(C)N(C(=O)NC1CCN(S(=O)(=O)c2ccc(Cl)cc2)CC1)c1ccc2nc(S)sc2c1. The molecular formula is C22H25ClN4O3S3. The minimum absolute atomic E-state index is 0.0591. The van der Waals surface area contributed by atoms with E-state index in [0.29, 0.717) is 35.3 Å². The molecule has 3 aromatic rings. The summed E-state index contributed by atoms with van der Waals surface area (Å²) in [6.45, 7) is 4.60. The Labute approximate surface area is 208 Å². The molecule has 1 aliphatic rings. The molecule has 7 nitrogen and oxygen atoms in total. The van der Waals surface area contributed by atoms with Crippen molar-refractivity contribution in [2.24, 2.45) is 0 Å². The van der Waals surface area contributed by atoms with E-state index in [9.17, 15) is 13.2 Å². The summed E-state index contributed by atoms with van der Waals surface area (Å²) in [7, 11) is -3.58. The second-order valence-electron chi connectivity index (χ2n) is 8.19. The zero-order valence-corrected chi connectivity index (χ0v) is 21.5. The van der Waals surface area contributed by atoms with Crippen molar-refractivity contribution in [2.75, 3.05) is 18.0 Å². The molecule has 2 aromatic carbocycles. The number of fused-ring (bicyclic) bond motifs is 1. The fraction of sp³-hybridized carbons (Fsp3) is 0.364. The van der Waals surface area contributed by atoms with Crippen LogP contribution in [-0.2, 0) is 10.0 Å². The van der Waals surface area contributed by atoms with Crippen LogP contribution < -0.4 is 10.2 Å². The fourth-order valence-corrected chi connectivity index (χ4v) is 6.68. The molecule has 176 valence electrons. The van der Waals surface area contributed by atoms with Crippen molar-refractivity contribution in [3.05, 3.63) is 47.5 Å². The predicted molar refractivity (Wildman–Crippen MR) is 136 cm³/mol. The smallest absolute Gasteiger partial charge is 0.322 e. The monoisotopic (exact) mass is 524 g/mol. The Kier molecular flexibility index (Phi) is 7.20. The number of nitrogens with one attached hydrogen (secondary N) is 1. The molecule has 0 atom stereocenters. The van der Waals surface area contributed by atoms with E-state index in [0.717, 1.165) is 15.9 Å². The Morgan fingerprint density at radius 2 is 1.88 bits per heavy atom. The predicted octanol–water partition coefficient (Wildman–Crippen LogP) is 5.02. The van der Waals surface area contributed by atoms with Gasteiger partial charge in [0.1, 0.15) is 4.34 Å². The summed E-state index contributed by atoms with van der Waals surface area (Å²) in [5.41, 5.74) is 1.64. The molecule has 0 bridgehead atoms. The van der Waals surface area contributed by atoms with Crippen LogP contribution in [0.1, 0.15) is 26.7 Å². The first-order valence-electron chi connectivity index (χ1n) is 10.6. The Balaban J connectivity index is 1.42. The van der Waals surface area contributed by atoms with Crippen LogP contribution in [0, 0.1) is 0 Å². The van der Waals surface area contributed by atoms with E-state index >= 15 is 0 Å². The summed E-state index contributed by atoms with van der Waals surface area (Å²) >= 11 is 11.7. The summed E-state index contributed by atoms with van der Waals surface area (Å²) < 4.78 is 28.9. The largest absolute Gasteiger partial charge is 0.335 e. The maximum Gasteiger partial charge on any atom is 0.322 e. The van der Waals surface area contributed by atoms with Crippen molar-refractivity contribution in [1.82, 2.24) is 14.6 Å². The molecule has 1 N–H and O–H groups in total. The van der Waals surface area contributed by atoms with Crippen molar-refractivity contribution in [1.29, 1.82) is 0 Å². The molecule has 33 heavy (non-hydrogen) atoms. The number of nitrogens with zero attached hydrogens (tertiary/aromatic N) is 3. The number of hydrogen-bond acceptors (Lipinski definition) is 6. The van der Waals surface area contributed by atoms with Crippen LogP contribution in [-0.4, -0.2) is 48.9 Å². The van der Waals surface area contributed by atoms with Gasteiger partial charge < -0.3 is 5.32 Å². The number of aromatic nitrogens is 1. The number of hydrogen-bond donors (Lipinski definition) is 2. The molecule has 0 spiro atoms. The van der Waals surface area contributed by atoms with Crippen LogP contribution in [0.25, 0.3) is 10.2 Å². The highest BCUT2D eigenvalue weighted by Crippen LogP contribution is 2.30. The van der Waals surface area contributed by atoms with Gasteiger partial charge in [-0.15, -0.1) is 24.0 Å². The molecule has 0 aliphatic carbocycles. The van der Waals surface area contributed by atoms with E-state index < -0.39 is 10.0 Å². The minimum atomic E-state index is -3.58. The quantitative estimate of drug-likeness (QED) is 0.459. The maximum absolute atomic E-state index is 13.2. The van der Waals surface area contributed by atoms with Crippen molar-refractivity contribution in [2.45, 2.75) is 48.0 Å². The van der Waals surface area contributed by atoms with Crippen LogP contribution >= 0.6 is 35.6 Å². The number of anilines is 1. The number of carbonyl (C=O) groups is 1. The number of rotatable bonds is 5. The molecule has 0 radical (unpaired) electrons. The van der Waals surface area contributed by atoms with Gasteiger partial charge in [0, 0.05) is 35.9 Å². The molecule has 0 unspecified atom stereocenters. The lowest BCUT2D eigenvalue weighted by atomic mass is 10.1. The van der Waals surface area contributed by atoms with Crippen LogP contribution in [0.2, 0.25) is 5.02 Å². The van der Waals surface area contributed by atoms with Crippen molar-refractivity contribution >= 4 is 67.5 Å². The maximum atomic E-state index is 13.2. The van der Waals surface area contributed by atoms with Gasteiger partial charge in [-0.1, -0.05) is 11.6 Å². The summed E-state index contributed by atoms with van der Waals surface area (Å²) in [5.74, 6) is 0. The van der Waals surface area contributed by atoms with Crippen molar-refractivity contribution in [3.8, 4) is 0 Å². The van der Waals surface area contributed by atoms with Crippen molar-refractivity contribution in [3.63, 3.8) is 0 Å². The highest BCUT2D eigenvalue weighted by molar-refractivity contribution is 7.89. The second kappa shape index (κ2) is 9.79. The summed E-state index contributed by atoms with van der Waals surface area (Å²) in [6, 6.07) is 11.5. The molecule has 1 aromatic heterocycles. The summed E-state index contributed by atoms with van der Waals surface area (Å²) in [6.07, 6.45) is 1.09. The fourth-order valence-electron chi connectivity index (χ4n) is 3.94. The third-order valence-electron chi connectivity index (χ3n) is 5.61. The molecule has 1 aliphatic heterocycles. The third-order valence-corrected chi connectivity index (χ3v) is 8.97. The van der Waals surface area contributed by atoms with Gasteiger partial charge in [-0.05, 0) is 69.2 Å². The Morgan fingerprint density at radius 3 is 2.52 bits per heavy atom. The first-order chi connectivity index (χ1) is 15.6. The zero-order chi connectivity index (χ0) is 23.8. The van der Waals surface area contributed by atoms with Gasteiger partial charge in [-0.2, -0.15) is 4.31 Å². The topological polar surface area (TPSA) is 82.6 Å². The molecule has 2 amide bonds. The lowest BCUT2D eigenvalue weighted by Gasteiger charge is -2.34. The normalized spacial score (nSPS) is 15.8. The number of halogens is 1. The molecular weight excluding hydrogens is 500 g/mol. The van der Waals surface area contributed by atoms with E-state index in [4.69, 9.17) is 11.6 Å².